The maximum Gasteiger partial charge on any atom is 0.314 e. The highest BCUT2D eigenvalue weighted by Gasteiger charge is 2.52. The molecule has 1 saturated carbocycles. The first-order chi connectivity index (χ1) is 12.0. The van der Waals surface area contributed by atoms with Crippen LogP contribution in [0, 0.1) is 5.82 Å². The van der Waals surface area contributed by atoms with Crippen molar-refractivity contribution >= 4 is 11.9 Å². The Morgan fingerprint density at radius 3 is 2.40 bits per heavy atom. The highest BCUT2D eigenvalue weighted by molar-refractivity contribution is 5.85. The van der Waals surface area contributed by atoms with Crippen molar-refractivity contribution in [3.05, 3.63) is 59.4 Å². The van der Waals surface area contributed by atoms with Crippen LogP contribution in [0.15, 0.2) is 42.5 Å². The third-order valence-corrected chi connectivity index (χ3v) is 5.25. The van der Waals surface area contributed by atoms with Gasteiger partial charge in [-0.05, 0) is 59.7 Å². The number of hydrogen-bond acceptors (Lipinski definition) is 2. The van der Waals surface area contributed by atoms with E-state index in [1.807, 2.05) is 24.3 Å². The van der Waals surface area contributed by atoms with Gasteiger partial charge >= 0.3 is 5.97 Å². The number of hydrogen-bond donors (Lipinski definition) is 2. The summed E-state index contributed by atoms with van der Waals surface area (Å²) in [5.74, 6) is -1.25. The van der Waals surface area contributed by atoms with E-state index in [2.05, 4.69) is 5.32 Å². The van der Waals surface area contributed by atoms with Crippen molar-refractivity contribution in [1.29, 1.82) is 0 Å². The van der Waals surface area contributed by atoms with E-state index in [1.54, 1.807) is 6.07 Å². The number of aliphatic carboxylic acids is 1. The van der Waals surface area contributed by atoms with Crippen molar-refractivity contribution in [3.63, 3.8) is 0 Å². The lowest BCUT2D eigenvalue weighted by atomic mass is 9.92. The second-order valence-corrected chi connectivity index (χ2v) is 6.90. The molecule has 5 heteroatoms. The van der Waals surface area contributed by atoms with Crippen molar-refractivity contribution in [2.75, 3.05) is 0 Å². The summed E-state index contributed by atoms with van der Waals surface area (Å²) in [6.45, 7) is 0. The predicted octanol–water partition coefficient (Wildman–Crippen LogP) is 3.56. The van der Waals surface area contributed by atoms with Crippen LogP contribution in [-0.2, 0) is 15.0 Å². The number of rotatable bonds is 4. The lowest BCUT2D eigenvalue weighted by Crippen LogP contribution is -2.19. The van der Waals surface area contributed by atoms with Crippen LogP contribution in [0.2, 0.25) is 0 Å². The van der Waals surface area contributed by atoms with Gasteiger partial charge in [-0.3, -0.25) is 9.59 Å². The molecule has 4 rings (SSSR count). The topological polar surface area (TPSA) is 66.4 Å². The van der Waals surface area contributed by atoms with Gasteiger partial charge in [0, 0.05) is 6.42 Å². The first kappa shape index (κ1) is 15.8. The molecule has 2 N–H and O–H groups in total. The normalized spacial score (nSPS) is 21.0. The zero-order valence-electron chi connectivity index (χ0n) is 13.6. The van der Waals surface area contributed by atoms with Gasteiger partial charge in [0.1, 0.15) is 5.82 Å². The molecular formula is C20H18FNO3. The molecule has 2 fully saturated rings. The van der Waals surface area contributed by atoms with Crippen LogP contribution in [0.3, 0.4) is 0 Å². The summed E-state index contributed by atoms with van der Waals surface area (Å²) in [5.41, 5.74) is 2.13. The van der Waals surface area contributed by atoms with Gasteiger partial charge in [-0.1, -0.05) is 24.3 Å². The summed E-state index contributed by atoms with van der Waals surface area (Å²) in [4.78, 5) is 22.8. The zero-order valence-corrected chi connectivity index (χ0v) is 13.6. The Kier molecular flexibility index (Phi) is 3.60. The van der Waals surface area contributed by atoms with E-state index in [9.17, 15) is 19.1 Å². The van der Waals surface area contributed by atoms with Gasteiger partial charge in [0.15, 0.2) is 0 Å². The van der Waals surface area contributed by atoms with E-state index in [-0.39, 0.29) is 11.9 Å². The van der Waals surface area contributed by atoms with Crippen LogP contribution in [0.5, 0.6) is 0 Å². The molecule has 1 saturated heterocycles. The number of carbonyl (C=O) groups excluding carboxylic acids is 1. The summed E-state index contributed by atoms with van der Waals surface area (Å²) in [5, 5.41) is 12.4. The van der Waals surface area contributed by atoms with Crippen LogP contribution in [0.1, 0.15) is 42.9 Å². The van der Waals surface area contributed by atoms with E-state index >= 15 is 0 Å². The molecule has 1 heterocycles. The van der Waals surface area contributed by atoms with Crippen molar-refractivity contribution in [2.45, 2.75) is 37.1 Å². The number of benzene rings is 2. The zero-order chi connectivity index (χ0) is 17.6. The van der Waals surface area contributed by atoms with Gasteiger partial charge in [-0.2, -0.15) is 0 Å². The summed E-state index contributed by atoms with van der Waals surface area (Å²) >= 11 is 0. The van der Waals surface area contributed by atoms with Crippen LogP contribution in [0.4, 0.5) is 4.39 Å². The molecule has 25 heavy (non-hydrogen) atoms. The maximum atomic E-state index is 14.1. The second kappa shape index (κ2) is 5.69. The Morgan fingerprint density at radius 1 is 1.12 bits per heavy atom. The first-order valence-corrected chi connectivity index (χ1v) is 8.42. The molecule has 1 amide bonds. The first-order valence-electron chi connectivity index (χ1n) is 8.42. The smallest absolute Gasteiger partial charge is 0.314 e. The summed E-state index contributed by atoms with van der Waals surface area (Å²) in [6.07, 6.45) is 2.41. The number of halogens is 1. The Labute approximate surface area is 144 Å². The SMILES string of the molecule is O=C1CCC(c2ccc(-c3cc(F)cc(C4(C(=O)O)CC4)c3)cc2)N1. The maximum absolute atomic E-state index is 14.1. The fourth-order valence-corrected chi connectivity index (χ4v) is 3.56. The Morgan fingerprint density at radius 2 is 1.84 bits per heavy atom. The van der Waals surface area contributed by atoms with Crippen LogP contribution < -0.4 is 5.32 Å². The quantitative estimate of drug-likeness (QED) is 0.895. The second-order valence-electron chi connectivity index (χ2n) is 6.90. The van der Waals surface area contributed by atoms with Gasteiger partial charge < -0.3 is 10.4 Å². The molecule has 2 aromatic rings. The van der Waals surface area contributed by atoms with Gasteiger partial charge in [0.05, 0.1) is 11.5 Å². The summed E-state index contributed by atoms with van der Waals surface area (Å²) in [6, 6.07) is 12.2. The number of carbonyl (C=O) groups is 2. The molecule has 2 aliphatic rings. The molecule has 0 aromatic heterocycles. The fraction of sp³-hybridized carbons (Fsp3) is 0.300. The summed E-state index contributed by atoms with van der Waals surface area (Å²) < 4.78 is 14.1. The molecule has 1 unspecified atom stereocenters. The minimum atomic E-state index is -0.926. The van der Waals surface area contributed by atoms with Crippen LogP contribution >= 0.6 is 0 Å². The number of amides is 1. The van der Waals surface area contributed by atoms with Gasteiger partial charge in [0.2, 0.25) is 5.91 Å². The molecule has 0 spiro atoms. The summed E-state index contributed by atoms with van der Waals surface area (Å²) in [7, 11) is 0. The number of nitrogens with one attached hydrogen (secondary N) is 1. The Hall–Kier alpha value is -2.69. The van der Waals surface area contributed by atoms with Gasteiger partial charge in [-0.25, -0.2) is 4.39 Å². The van der Waals surface area contributed by atoms with Crippen molar-refractivity contribution < 1.29 is 19.1 Å². The van der Waals surface area contributed by atoms with Crippen LogP contribution in [-0.4, -0.2) is 17.0 Å². The lowest BCUT2D eigenvalue weighted by molar-refractivity contribution is -0.140. The number of carboxylic acids is 1. The van der Waals surface area contributed by atoms with Gasteiger partial charge in [-0.15, -0.1) is 0 Å². The average molecular weight is 339 g/mol. The van der Waals surface area contributed by atoms with E-state index < -0.39 is 17.2 Å². The molecule has 0 bridgehead atoms. The van der Waals surface area contributed by atoms with Gasteiger partial charge in [0.25, 0.3) is 0 Å². The molecule has 4 nitrogen and oxygen atoms in total. The highest BCUT2D eigenvalue weighted by Crippen LogP contribution is 2.49. The molecule has 1 aliphatic heterocycles. The minimum Gasteiger partial charge on any atom is -0.481 e. The third kappa shape index (κ3) is 2.80. The molecule has 0 radical (unpaired) electrons. The average Bonchev–Trinajstić information content (AvgIpc) is 3.31. The van der Waals surface area contributed by atoms with Crippen molar-refractivity contribution in [2.24, 2.45) is 0 Å². The van der Waals surface area contributed by atoms with E-state index in [0.29, 0.717) is 30.4 Å². The van der Waals surface area contributed by atoms with E-state index in [4.69, 9.17) is 0 Å². The molecular weight excluding hydrogens is 321 g/mol. The standard InChI is InChI=1S/C20H18FNO3/c21-16-10-14(9-15(11-16)20(7-8-20)19(24)25)12-1-3-13(4-2-12)17-5-6-18(23)22-17/h1-4,9-11,17H,5-8H2,(H,22,23)(H,24,25). The molecule has 2 aromatic carbocycles. The molecule has 1 aliphatic carbocycles. The highest BCUT2D eigenvalue weighted by atomic mass is 19.1. The van der Waals surface area contributed by atoms with Crippen molar-refractivity contribution in [3.8, 4) is 11.1 Å². The fourth-order valence-electron chi connectivity index (χ4n) is 3.56. The third-order valence-electron chi connectivity index (χ3n) is 5.25. The minimum absolute atomic E-state index is 0.0337. The van der Waals surface area contributed by atoms with Crippen molar-refractivity contribution in [1.82, 2.24) is 5.32 Å². The Bertz CT molecular complexity index is 856. The van der Waals surface area contributed by atoms with E-state index in [0.717, 1.165) is 17.5 Å². The predicted molar refractivity (Wildman–Crippen MR) is 90.5 cm³/mol. The lowest BCUT2D eigenvalue weighted by Gasteiger charge is -2.14. The number of carboxylic acid groups (broad SMARTS) is 1. The Balaban J connectivity index is 1.65. The monoisotopic (exact) mass is 339 g/mol. The van der Waals surface area contributed by atoms with Crippen LogP contribution in [0.25, 0.3) is 11.1 Å². The van der Waals surface area contributed by atoms with E-state index in [1.165, 1.54) is 12.1 Å². The molecule has 128 valence electrons. The molecule has 1 atom stereocenters. The largest absolute Gasteiger partial charge is 0.481 e.